The molecule has 0 bridgehead atoms. The van der Waals surface area contributed by atoms with Crippen LogP contribution in [-0.4, -0.2) is 31.7 Å². The molecule has 2 aromatic carbocycles. The molecule has 2 aromatic rings. The Kier molecular flexibility index (Phi) is 6.73. The maximum absolute atomic E-state index is 12.7. The van der Waals surface area contributed by atoms with Gasteiger partial charge >= 0.3 is 0 Å². The van der Waals surface area contributed by atoms with E-state index in [4.69, 9.17) is 0 Å². The molecule has 0 saturated heterocycles. The lowest BCUT2D eigenvalue weighted by molar-refractivity contribution is 0.102. The molecule has 134 valence electrons. The Morgan fingerprint density at radius 1 is 0.920 bits per heavy atom. The second-order valence-corrected chi connectivity index (χ2v) is 7.69. The zero-order chi connectivity index (χ0) is 18.3. The monoisotopic (exact) mass is 360 g/mol. The first kappa shape index (κ1) is 19.1. The maximum Gasteiger partial charge on any atom is 0.255 e. The SMILES string of the molecule is CCCN(CCC)S(=O)(=O)c1ccc(NC(=O)c2ccccc2)cc1. The number of carbonyl (C=O) groups excluding carboxylic acids is 1. The number of hydrogen-bond acceptors (Lipinski definition) is 3. The van der Waals surface area contributed by atoms with Gasteiger partial charge in [0, 0.05) is 24.3 Å². The average Bonchev–Trinajstić information content (AvgIpc) is 2.62. The summed E-state index contributed by atoms with van der Waals surface area (Å²) in [6, 6.07) is 15.2. The van der Waals surface area contributed by atoms with Crippen molar-refractivity contribution in [2.75, 3.05) is 18.4 Å². The second kappa shape index (κ2) is 8.78. The normalized spacial score (nSPS) is 11.5. The molecular formula is C19H24N2O3S. The smallest absolute Gasteiger partial charge is 0.255 e. The van der Waals surface area contributed by atoms with Crippen molar-refractivity contribution in [3.05, 3.63) is 60.2 Å². The molecule has 0 saturated carbocycles. The maximum atomic E-state index is 12.7. The number of amides is 1. The minimum atomic E-state index is -3.50. The molecular weight excluding hydrogens is 336 g/mol. The number of sulfonamides is 1. The fourth-order valence-corrected chi connectivity index (χ4v) is 4.13. The van der Waals surface area contributed by atoms with Crippen molar-refractivity contribution >= 4 is 21.6 Å². The summed E-state index contributed by atoms with van der Waals surface area (Å²) >= 11 is 0. The van der Waals surface area contributed by atoms with E-state index in [-0.39, 0.29) is 10.8 Å². The zero-order valence-corrected chi connectivity index (χ0v) is 15.4. The van der Waals surface area contributed by atoms with Crippen LogP contribution in [0.2, 0.25) is 0 Å². The molecule has 0 aliphatic carbocycles. The lowest BCUT2D eigenvalue weighted by Crippen LogP contribution is -2.32. The summed E-state index contributed by atoms with van der Waals surface area (Å²) in [5.74, 6) is -0.227. The topological polar surface area (TPSA) is 66.5 Å². The molecule has 0 atom stereocenters. The summed E-state index contributed by atoms with van der Waals surface area (Å²) in [6.07, 6.45) is 1.54. The molecule has 0 fully saturated rings. The van der Waals surface area contributed by atoms with Crippen LogP contribution in [0.25, 0.3) is 0 Å². The van der Waals surface area contributed by atoms with Crippen LogP contribution in [0.5, 0.6) is 0 Å². The van der Waals surface area contributed by atoms with Gasteiger partial charge in [0.2, 0.25) is 10.0 Å². The van der Waals surface area contributed by atoms with Crippen molar-refractivity contribution in [1.29, 1.82) is 0 Å². The van der Waals surface area contributed by atoms with Gasteiger partial charge in [-0.1, -0.05) is 32.0 Å². The number of anilines is 1. The van der Waals surface area contributed by atoms with Crippen LogP contribution in [0.3, 0.4) is 0 Å². The number of carbonyl (C=O) groups is 1. The predicted molar refractivity (Wildman–Crippen MR) is 100 cm³/mol. The number of nitrogens with zero attached hydrogens (tertiary/aromatic N) is 1. The minimum absolute atomic E-state index is 0.227. The van der Waals surface area contributed by atoms with Crippen LogP contribution in [-0.2, 0) is 10.0 Å². The van der Waals surface area contributed by atoms with E-state index in [1.54, 1.807) is 36.4 Å². The van der Waals surface area contributed by atoms with Crippen molar-refractivity contribution in [1.82, 2.24) is 4.31 Å². The van der Waals surface area contributed by atoms with E-state index in [9.17, 15) is 13.2 Å². The Morgan fingerprint density at radius 3 is 2.00 bits per heavy atom. The predicted octanol–water partition coefficient (Wildman–Crippen LogP) is 3.75. The molecule has 1 amide bonds. The van der Waals surface area contributed by atoms with Crippen LogP contribution in [0.15, 0.2) is 59.5 Å². The van der Waals surface area contributed by atoms with Gasteiger partial charge in [0.1, 0.15) is 0 Å². The molecule has 0 unspecified atom stereocenters. The van der Waals surface area contributed by atoms with Crippen LogP contribution in [0.1, 0.15) is 37.0 Å². The van der Waals surface area contributed by atoms with Gasteiger partial charge in [0.25, 0.3) is 5.91 Å². The van der Waals surface area contributed by atoms with E-state index in [1.165, 1.54) is 16.4 Å². The van der Waals surface area contributed by atoms with Gasteiger partial charge in [0.15, 0.2) is 0 Å². The Balaban J connectivity index is 2.14. The third kappa shape index (κ3) is 4.90. The van der Waals surface area contributed by atoms with Gasteiger partial charge in [-0.3, -0.25) is 4.79 Å². The first-order valence-electron chi connectivity index (χ1n) is 8.45. The number of benzene rings is 2. The van der Waals surface area contributed by atoms with Gasteiger partial charge in [0.05, 0.1) is 4.90 Å². The van der Waals surface area contributed by atoms with Gasteiger partial charge < -0.3 is 5.32 Å². The lowest BCUT2D eigenvalue weighted by atomic mass is 10.2. The molecule has 0 aliphatic heterocycles. The molecule has 0 spiro atoms. The summed E-state index contributed by atoms with van der Waals surface area (Å²) in [5.41, 5.74) is 1.11. The van der Waals surface area contributed by atoms with Gasteiger partial charge in [-0.2, -0.15) is 4.31 Å². The summed E-state index contributed by atoms with van der Waals surface area (Å²) in [5, 5.41) is 2.77. The van der Waals surface area contributed by atoms with Crippen molar-refractivity contribution in [3.63, 3.8) is 0 Å². The van der Waals surface area contributed by atoms with Crippen molar-refractivity contribution in [2.45, 2.75) is 31.6 Å². The fourth-order valence-electron chi connectivity index (χ4n) is 2.50. The lowest BCUT2D eigenvalue weighted by Gasteiger charge is -2.21. The van der Waals surface area contributed by atoms with Crippen LogP contribution in [0, 0.1) is 0 Å². The van der Waals surface area contributed by atoms with Crippen LogP contribution in [0.4, 0.5) is 5.69 Å². The standard InChI is InChI=1S/C19H24N2O3S/c1-3-14-21(15-4-2)25(23,24)18-12-10-17(11-13-18)20-19(22)16-8-6-5-7-9-16/h5-13H,3-4,14-15H2,1-2H3,(H,20,22). The number of hydrogen-bond donors (Lipinski definition) is 1. The molecule has 0 heterocycles. The van der Waals surface area contributed by atoms with E-state index in [0.29, 0.717) is 24.3 Å². The zero-order valence-electron chi connectivity index (χ0n) is 14.6. The Bertz CT molecular complexity index is 781. The highest BCUT2D eigenvalue weighted by atomic mass is 32.2. The van der Waals surface area contributed by atoms with E-state index in [0.717, 1.165) is 12.8 Å². The number of nitrogens with one attached hydrogen (secondary N) is 1. The third-order valence-electron chi connectivity index (χ3n) is 3.73. The van der Waals surface area contributed by atoms with Crippen LogP contribution >= 0.6 is 0 Å². The fraction of sp³-hybridized carbons (Fsp3) is 0.316. The first-order valence-corrected chi connectivity index (χ1v) is 9.89. The van der Waals surface area contributed by atoms with E-state index < -0.39 is 10.0 Å². The second-order valence-electron chi connectivity index (χ2n) is 5.75. The quantitative estimate of drug-likeness (QED) is 0.780. The first-order chi connectivity index (χ1) is 12.0. The summed E-state index contributed by atoms with van der Waals surface area (Å²) < 4.78 is 26.9. The molecule has 0 aromatic heterocycles. The van der Waals surface area contributed by atoms with Gasteiger partial charge in [-0.05, 0) is 49.2 Å². The third-order valence-corrected chi connectivity index (χ3v) is 5.64. The summed E-state index contributed by atoms with van der Waals surface area (Å²) in [4.78, 5) is 12.4. The number of rotatable bonds is 8. The summed E-state index contributed by atoms with van der Waals surface area (Å²) in [7, 11) is -3.50. The van der Waals surface area contributed by atoms with Gasteiger partial charge in [-0.15, -0.1) is 0 Å². The Morgan fingerprint density at radius 2 is 1.48 bits per heavy atom. The molecule has 2 rings (SSSR count). The summed E-state index contributed by atoms with van der Waals surface area (Å²) in [6.45, 7) is 4.92. The van der Waals surface area contributed by atoms with Crippen molar-refractivity contribution in [2.24, 2.45) is 0 Å². The largest absolute Gasteiger partial charge is 0.322 e. The Labute approximate surface area is 149 Å². The van der Waals surface area contributed by atoms with E-state index in [2.05, 4.69) is 5.32 Å². The van der Waals surface area contributed by atoms with E-state index in [1.807, 2.05) is 19.9 Å². The van der Waals surface area contributed by atoms with Crippen LogP contribution < -0.4 is 5.32 Å². The molecule has 0 radical (unpaired) electrons. The van der Waals surface area contributed by atoms with E-state index >= 15 is 0 Å². The molecule has 25 heavy (non-hydrogen) atoms. The molecule has 5 nitrogen and oxygen atoms in total. The van der Waals surface area contributed by atoms with Crippen molar-refractivity contribution < 1.29 is 13.2 Å². The highest BCUT2D eigenvalue weighted by molar-refractivity contribution is 7.89. The average molecular weight is 360 g/mol. The highest BCUT2D eigenvalue weighted by Gasteiger charge is 2.22. The molecule has 0 aliphatic rings. The molecule has 1 N–H and O–H groups in total. The Hall–Kier alpha value is -2.18. The van der Waals surface area contributed by atoms with Gasteiger partial charge in [-0.25, -0.2) is 8.42 Å². The molecule has 6 heteroatoms. The minimum Gasteiger partial charge on any atom is -0.322 e. The van der Waals surface area contributed by atoms with Crippen molar-refractivity contribution in [3.8, 4) is 0 Å². The highest BCUT2D eigenvalue weighted by Crippen LogP contribution is 2.19.